The first-order valence-corrected chi connectivity index (χ1v) is 7.13. The number of methoxy groups -OCH3 is 2. The molecule has 1 unspecified atom stereocenters. The molecule has 0 aliphatic carbocycles. The van der Waals surface area contributed by atoms with E-state index in [0.717, 1.165) is 11.3 Å². The van der Waals surface area contributed by atoms with Crippen LogP contribution >= 0.6 is 0 Å². The zero-order chi connectivity index (χ0) is 16.3. The molecule has 0 aliphatic rings. The minimum Gasteiger partial charge on any atom is -0.502 e. The van der Waals surface area contributed by atoms with Gasteiger partial charge in [0.05, 0.1) is 20.4 Å². The fourth-order valence-electron chi connectivity index (χ4n) is 2.37. The predicted molar refractivity (Wildman–Crippen MR) is 84.4 cm³/mol. The lowest BCUT2D eigenvalue weighted by molar-refractivity contribution is 0.339. The Hall–Kier alpha value is -2.21. The fraction of sp³-hybridized carbons (Fsp3) is 0.438. The number of aromatic nitrogens is 2. The lowest BCUT2D eigenvalue weighted by Crippen LogP contribution is -2.18. The van der Waals surface area contributed by atoms with Crippen LogP contribution in [0.3, 0.4) is 0 Å². The normalized spacial score (nSPS) is 12.2. The van der Waals surface area contributed by atoms with Crippen molar-refractivity contribution in [2.75, 3.05) is 14.2 Å². The molecule has 0 saturated heterocycles. The highest BCUT2D eigenvalue weighted by molar-refractivity contribution is 5.52. The second-order valence-corrected chi connectivity index (χ2v) is 5.26. The topological polar surface area (TPSA) is 68.5 Å². The zero-order valence-corrected chi connectivity index (χ0v) is 13.7. The summed E-state index contributed by atoms with van der Waals surface area (Å²) in [4.78, 5) is 0. The first-order valence-electron chi connectivity index (χ1n) is 7.13. The van der Waals surface area contributed by atoms with Crippen LogP contribution in [0.1, 0.15) is 29.8 Å². The van der Waals surface area contributed by atoms with Crippen molar-refractivity contribution in [1.29, 1.82) is 0 Å². The van der Waals surface area contributed by atoms with Crippen LogP contribution in [0, 0.1) is 6.92 Å². The molecule has 1 heterocycles. The Balaban J connectivity index is 2.12. The third-order valence-electron chi connectivity index (χ3n) is 3.89. The van der Waals surface area contributed by atoms with Gasteiger partial charge in [-0.15, -0.1) is 0 Å². The summed E-state index contributed by atoms with van der Waals surface area (Å²) in [6, 6.07) is 3.76. The number of hydrogen-bond acceptors (Lipinski definition) is 5. The van der Waals surface area contributed by atoms with E-state index in [1.807, 2.05) is 24.9 Å². The van der Waals surface area contributed by atoms with Gasteiger partial charge < -0.3 is 19.9 Å². The van der Waals surface area contributed by atoms with Gasteiger partial charge >= 0.3 is 0 Å². The molecule has 0 radical (unpaired) electrons. The average molecular weight is 305 g/mol. The summed E-state index contributed by atoms with van der Waals surface area (Å²) in [7, 11) is 4.97. The monoisotopic (exact) mass is 305 g/mol. The maximum Gasteiger partial charge on any atom is 0.200 e. The van der Waals surface area contributed by atoms with Crippen LogP contribution in [0.4, 0.5) is 0 Å². The lowest BCUT2D eigenvalue weighted by atomic mass is 10.1. The molecular weight excluding hydrogens is 282 g/mol. The quantitative estimate of drug-likeness (QED) is 0.857. The van der Waals surface area contributed by atoms with Gasteiger partial charge in [0.1, 0.15) is 0 Å². The van der Waals surface area contributed by atoms with Gasteiger partial charge in [0, 0.05) is 30.9 Å². The molecule has 2 N–H and O–H groups in total. The van der Waals surface area contributed by atoms with E-state index in [1.54, 1.807) is 12.1 Å². The Labute approximate surface area is 130 Å². The summed E-state index contributed by atoms with van der Waals surface area (Å²) in [5.74, 6) is 0.827. The average Bonchev–Trinajstić information content (AvgIpc) is 2.85. The highest BCUT2D eigenvalue weighted by Gasteiger charge is 2.14. The standard InChI is InChI=1S/C16H23N3O3/c1-10(13-9-18-19(3)11(13)2)17-8-12-6-14(21-4)16(20)15(7-12)22-5/h6-7,9-10,17,20H,8H2,1-5H3. The van der Waals surface area contributed by atoms with Crippen molar-refractivity contribution in [1.82, 2.24) is 15.1 Å². The minimum absolute atomic E-state index is 0.0184. The molecule has 1 atom stereocenters. The van der Waals surface area contributed by atoms with Crippen LogP contribution in [0.2, 0.25) is 0 Å². The van der Waals surface area contributed by atoms with Gasteiger partial charge in [-0.2, -0.15) is 5.10 Å². The van der Waals surface area contributed by atoms with Crippen molar-refractivity contribution in [3.8, 4) is 17.2 Å². The van der Waals surface area contributed by atoms with Gasteiger partial charge in [-0.1, -0.05) is 0 Å². The van der Waals surface area contributed by atoms with Crippen molar-refractivity contribution >= 4 is 0 Å². The van der Waals surface area contributed by atoms with E-state index >= 15 is 0 Å². The van der Waals surface area contributed by atoms with Gasteiger partial charge in [0.15, 0.2) is 11.5 Å². The summed E-state index contributed by atoms with van der Waals surface area (Å²) in [5, 5.41) is 17.6. The van der Waals surface area contributed by atoms with Gasteiger partial charge in [-0.05, 0) is 31.5 Å². The maximum absolute atomic E-state index is 9.93. The summed E-state index contributed by atoms with van der Waals surface area (Å²) in [5.41, 5.74) is 3.28. The van der Waals surface area contributed by atoms with E-state index in [2.05, 4.69) is 17.3 Å². The van der Waals surface area contributed by atoms with E-state index in [9.17, 15) is 5.11 Å². The number of ether oxygens (including phenoxy) is 2. The Morgan fingerprint density at radius 2 is 1.86 bits per heavy atom. The predicted octanol–water partition coefficient (Wildman–Crippen LogP) is 2.30. The molecule has 120 valence electrons. The van der Waals surface area contributed by atoms with Crippen molar-refractivity contribution in [2.24, 2.45) is 7.05 Å². The molecule has 1 aromatic carbocycles. The highest BCUT2D eigenvalue weighted by Crippen LogP contribution is 2.37. The molecular formula is C16H23N3O3. The number of aromatic hydroxyl groups is 1. The Morgan fingerprint density at radius 3 is 2.32 bits per heavy atom. The molecule has 22 heavy (non-hydrogen) atoms. The molecule has 6 nitrogen and oxygen atoms in total. The third-order valence-corrected chi connectivity index (χ3v) is 3.89. The SMILES string of the molecule is COc1cc(CNC(C)c2cnn(C)c2C)cc(OC)c1O. The van der Waals surface area contributed by atoms with Crippen molar-refractivity contribution < 1.29 is 14.6 Å². The number of nitrogens with zero attached hydrogens (tertiary/aromatic N) is 2. The Bertz CT molecular complexity index is 627. The Kier molecular flexibility index (Phi) is 4.92. The van der Waals surface area contributed by atoms with Crippen LogP contribution < -0.4 is 14.8 Å². The maximum atomic E-state index is 9.93. The number of aryl methyl sites for hydroxylation is 1. The molecule has 0 saturated carbocycles. The number of benzene rings is 1. The fourth-order valence-corrected chi connectivity index (χ4v) is 2.37. The number of rotatable bonds is 6. The summed E-state index contributed by atoms with van der Waals surface area (Å²) >= 11 is 0. The largest absolute Gasteiger partial charge is 0.502 e. The first kappa shape index (κ1) is 16.2. The number of phenols is 1. The Morgan fingerprint density at radius 1 is 1.27 bits per heavy atom. The van der Waals surface area contributed by atoms with Gasteiger partial charge in [-0.3, -0.25) is 4.68 Å². The molecule has 0 amide bonds. The first-order chi connectivity index (χ1) is 10.5. The molecule has 0 bridgehead atoms. The molecule has 1 aromatic heterocycles. The molecule has 0 fully saturated rings. The van der Waals surface area contributed by atoms with E-state index in [-0.39, 0.29) is 11.8 Å². The molecule has 6 heteroatoms. The molecule has 2 rings (SSSR count). The van der Waals surface area contributed by atoms with Crippen molar-refractivity contribution in [2.45, 2.75) is 26.4 Å². The van der Waals surface area contributed by atoms with Crippen LogP contribution in [0.25, 0.3) is 0 Å². The minimum atomic E-state index is 0.0184. The molecule has 2 aromatic rings. The lowest BCUT2D eigenvalue weighted by Gasteiger charge is -2.15. The van der Waals surface area contributed by atoms with E-state index in [0.29, 0.717) is 18.0 Å². The second-order valence-electron chi connectivity index (χ2n) is 5.26. The van der Waals surface area contributed by atoms with Gasteiger partial charge in [0.25, 0.3) is 0 Å². The van der Waals surface area contributed by atoms with E-state index in [1.165, 1.54) is 19.8 Å². The molecule has 0 aliphatic heterocycles. The van der Waals surface area contributed by atoms with E-state index < -0.39 is 0 Å². The van der Waals surface area contributed by atoms with Crippen LogP contribution in [-0.4, -0.2) is 29.1 Å². The summed E-state index contributed by atoms with van der Waals surface area (Å²) in [6.07, 6.45) is 1.88. The molecule has 0 spiro atoms. The highest BCUT2D eigenvalue weighted by atomic mass is 16.5. The van der Waals surface area contributed by atoms with Crippen LogP contribution in [-0.2, 0) is 13.6 Å². The van der Waals surface area contributed by atoms with Gasteiger partial charge in [-0.25, -0.2) is 0 Å². The third kappa shape index (κ3) is 3.17. The number of nitrogens with one attached hydrogen (secondary N) is 1. The van der Waals surface area contributed by atoms with Gasteiger partial charge in [0.2, 0.25) is 5.75 Å². The second kappa shape index (κ2) is 6.70. The van der Waals surface area contributed by atoms with E-state index in [4.69, 9.17) is 9.47 Å². The van der Waals surface area contributed by atoms with Crippen molar-refractivity contribution in [3.05, 3.63) is 35.2 Å². The zero-order valence-electron chi connectivity index (χ0n) is 13.7. The van der Waals surface area contributed by atoms with Crippen LogP contribution in [0.15, 0.2) is 18.3 Å². The number of phenolic OH excluding ortho intramolecular Hbond substituents is 1. The van der Waals surface area contributed by atoms with Crippen molar-refractivity contribution in [3.63, 3.8) is 0 Å². The number of hydrogen-bond donors (Lipinski definition) is 2. The summed E-state index contributed by atoms with van der Waals surface area (Å²) < 4.78 is 12.2. The summed E-state index contributed by atoms with van der Waals surface area (Å²) in [6.45, 7) is 4.77. The smallest absolute Gasteiger partial charge is 0.200 e. The van der Waals surface area contributed by atoms with Crippen LogP contribution in [0.5, 0.6) is 17.2 Å².